The van der Waals surface area contributed by atoms with E-state index in [-0.39, 0.29) is 17.9 Å². The van der Waals surface area contributed by atoms with Gasteiger partial charge in [0, 0.05) is 60.5 Å². The monoisotopic (exact) mass is 456 g/mol. The lowest BCUT2D eigenvalue weighted by Gasteiger charge is -2.17. The van der Waals surface area contributed by atoms with Crippen molar-refractivity contribution in [2.75, 3.05) is 13.6 Å². The van der Waals surface area contributed by atoms with E-state index >= 15 is 0 Å². The molecule has 0 radical (unpaired) electrons. The van der Waals surface area contributed by atoms with Gasteiger partial charge in [-0.25, -0.2) is 4.98 Å². The maximum Gasteiger partial charge on any atom is 0.254 e. The predicted octanol–water partition coefficient (Wildman–Crippen LogP) is 3.55. The summed E-state index contributed by atoms with van der Waals surface area (Å²) in [5, 5.41) is 7.46. The fraction of sp³-hybridized carbons (Fsp3) is 0.269. The average molecular weight is 457 g/mol. The first kappa shape index (κ1) is 23.1. The lowest BCUT2D eigenvalue weighted by molar-refractivity contribution is -0.129. The summed E-state index contributed by atoms with van der Waals surface area (Å²) in [5.41, 5.74) is 4.82. The summed E-state index contributed by atoms with van der Waals surface area (Å²) < 4.78 is 0. The number of benzene rings is 1. The van der Waals surface area contributed by atoms with E-state index in [0.29, 0.717) is 30.0 Å². The molecule has 3 aromatic heterocycles. The number of pyridine rings is 1. The molecule has 0 spiro atoms. The molecule has 1 aromatic carbocycles. The molecule has 174 valence electrons. The van der Waals surface area contributed by atoms with Gasteiger partial charge in [0.1, 0.15) is 5.82 Å². The molecule has 1 amide bonds. The van der Waals surface area contributed by atoms with Crippen LogP contribution in [0.5, 0.6) is 0 Å². The third-order valence-corrected chi connectivity index (χ3v) is 5.83. The zero-order chi connectivity index (χ0) is 23.9. The van der Waals surface area contributed by atoms with Crippen LogP contribution in [-0.2, 0) is 17.6 Å². The lowest BCUT2D eigenvalue weighted by Crippen LogP contribution is -2.29. The highest BCUT2D eigenvalue weighted by Crippen LogP contribution is 2.18. The Hall–Kier alpha value is -4.07. The summed E-state index contributed by atoms with van der Waals surface area (Å²) >= 11 is 0. The van der Waals surface area contributed by atoms with Crippen LogP contribution in [0.2, 0.25) is 0 Å². The highest BCUT2D eigenvalue weighted by Gasteiger charge is 2.14. The molecular weight excluding hydrogens is 428 g/mol. The number of aromatic nitrogens is 5. The fourth-order valence-electron chi connectivity index (χ4n) is 3.85. The molecule has 0 aliphatic heterocycles. The average Bonchev–Trinajstić information content (AvgIpc) is 3.33. The summed E-state index contributed by atoms with van der Waals surface area (Å²) in [4.78, 5) is 38.3. The number of rotatable bonds is 9. The number of aromatic amines is 2. The molecule has 2 N–H and O–H groups in total. The minimum Gasteiger partial charge on any atom is -0.346 e. The Kier molecular flexibility index (Phi) is 7.27. The molecule has 0 atom stereocenters. The molecule has 4 aromatic rings. The van der Waals surface area contributed by atoms with Gasteiger partial charge in [0.05, 0.1) is 5.69 Å². The van der Waals surface area contributed by atoms with E-state index in [9.17, 15) is 9.59 Å². The highest BCUT2D eigenvalue weighted by atomic mass is 16.2. The molecule has 8 heteroatoms. The molecule has 3 heterocycles. The van der Waals surface area contributed by atoms with Crippen LogP contribution in [-0.4, -0.2) is 49.5 Å². The second-order valence-electron chi connectivity index (χ2n) is 8.28. The van der Waals surface area contributed by atoms with Crippen molar-refractivity contribution in [3.05, 3.63) is 88.2 Å². The van der Waals surface area contributed by atoms with Crippen molar-refractivity contribution in [2.45, 2.75) is 32.6 Å². The molecule has 0 fully saturated rings. The molecule has 0 aliphatic rings. The third kappa shape index (κ3) is 5.64. The number of nitrogens with one attached hydrogen (secondary N) is 2. The summed E-state index contributed by atoms with van der Waals surface area (Å²) in [6.45, 7) is 2.44. The first-order valence-corrected chi connectivity index (χ1v) is 11.3. The third-order valence-electron chi connectivity index (χ3n) is 5.83. The van der Waals surface area contributed by atoms with Crippen LogP contribution in [0.4, 0.5) is 0 Å². The predicted molar refractivity (Wildman–Crippen MR) is 131 cm³/mol. The van der Waals surface area contributed by atoms with Crippen LogP contribution in [0, 0.1) is 6.92 Å². The zero-order valence-electron chi connectivity index (χ0n) is 19.4. The van der Waals surface area contributed by atoms with Crippen molar-refractivity contribution in [1.82, 2.24) is 30.0 Å². The van der Waals surface area contributed by atoms with Crippen molar-refractivity contribution in [1.29, 1.82) is 0 Å². The minimum atomic E-state index is -0.205. The van der Waals surface area contributed by atoms with Crippen molar-refractivity contribution in [3.8, 4) is 22.6 Å². The van der Waals surface area contributed by atoms with E-state index in [1.807, 2.05) is 30.3 Å². The number of carbonyl (C=O) groups excluding carboxylic acids is 1. The Morgan fingerprint density at radius 2 is 1.79 bits per heavy atom. The van der Waals surface area contributed by atoms with Crippen molar-refractivity contribution in [3.63, 3.8) is 0 Å². The minimum absolute atomic E-state index is 0.00611. The van der Waals surface area contributed by atoms with Crippen molar-refractivity contribution < 1.29 is 4.79 Å². The number of carbonyl (C=O) groups is 1. The smallest absolute Gasteiger partial charge is 0.254 e. The second-order valence-corrected chi connectivity index (χ2v) is 8.28. The van der Waals surface area contributed by atoms with Crippen molar-refractivity contribution in [2.24, 2.45) is 0 Å². The van der Waals surface area contributed by atoms with E-state index in [4.69, 9.17) is 0 Å². The van der Waals surface area contributed by atoms with Gasteiger partial charge >= 0.3 is 0 Å². The van der Waals surface area contributed by atoms with Gasteiger partial charge < -0.3 is 9.88 Å². The van der Waals surface area contributed by atoms with Crippen LogP contribution in [0.15, 0.2) is 65.7 Å². The van der Waals surface area contributed by atoms with Gasteiger partial charge in [-0.2, -0.15) is 5.10 Å². The van der Waals surface area contributed by atoms with E-state index in [0.717, 1.165) is 35.4 Å². The maximum absolute atomic E-state index is 12.6. The van der Waals surface area contributed by atoms with Gasteiger partial charge in [-0.1, -0.05) is 30.3 Å². The Bertz CT molecular complexity index is 1300. The number of hydrogen-bond donors (Lipinski definition) is 2. The van der Waals surface area contributed by atoms with Crippen LogP contribution in [0.1, 0.15) is 29.8 Å². The first-order chi connectivity index (χ1) is 16.5. The number of amides is 1. The van der Waals surface area contributed by atoms with Crippen molar-refractivity contribution >= 4 is 5.91 Å². The summed E-state index contributed by atoms with van der Waals surface area (Å²) in [7, 11) is 1.80. The molecule has 0 unspecified atom stereocenters. The van der Waals surface area contributed by atoms with Crippen LogP contribution in [0.3, 0.4) is 0 Å². The molecule has 34 heavy (non-hydrogen) atoms. The van der Waals surface area contributed by atoms with E-state index in [1.54, 1.807) is 43.4 Å². The number of hydrogen-bond acceptors (Lipinski definition) is 5. The zero-order valence-corrected chi connectivity index (χ0v) is 19.4. The van der Waals surface area contributed by atoms with Gasteiger partial charge in [0.25, 0.3) is 5.56 Å². The topological polar surface area (TPSA) is 108 Å². The number of H-pyrrole nitrogens is 2. The van der Waals surface area contributed by atoms with E-state index < -0.39 is 0 Å². The van der Waals surface area contributed by atoms with Gasteiger partial charge in [-0.15, -0.1) is 0 Å². The SMILES string of the molecule is Cc1nc(-c2ccncc2)[nH]c(=O)c1CCC(=O)N(C)CCCc1cc(-c2ccccc2)n[nH]1. The van der Waals surface area contributed by atoms with Gasteiger partial charge in [0.15, 0.2) is 0 Å². The molecule has 4 rings (SSSR count). The van der Waals surface area contributed by atoms with Crippen LogP contribution in [0.25, 0.3) is 22.6 Å². The molecule has 0 aliphatic carbocycles. The Morgan fingerprint density at radius 1 is 1.03 bits per heavy atom. The highest BCUT2D eigenvalue weighted by molar-refractivity contribution is 5.76. The molecule has 0 bridgehead atoms. The molecule has 0 saturated heterocycles. The Labute approximate surface area is 198 Å². The summed E-state index contributed by atoms with van der Waals surface area (Å²) in [5.74, 6) is 0.512. The quantitative estimate of drug-likeness (QED) is 0.400. The van der Waals surface area contributed by atoms with E-state index in [2.05, 4.69) is 31.2 Å². The Balaban J connectivity index is 1.27. The van der Waals surface area contributed by atoms with E-state index in [1.165, 1.54) is 0 Å². The largest absolute Gasteiger partial charge is 0.346 e. The first-order valence-electron chi connectivity index (χ1n) is 11.3. The Morgan fingerprint density at radius 3 is 2.53 bits per heavy atom. The van der Waals surface area contributed by atoms with Gasteiger partial charge in [-0.3, -0.25) is 19.7 Å². The standard InChI is InChI=1S/C26H28N6O2/c1-18-22(26(34)29-25(28-18)20-12-14-27-15-13-20)10-11-24(33)32(2)16-6-9-21-17-23(31-30-21)19-7-4-3-5-8-19/h3-5,7-8,12-15,17H,6,9-11,16H2,1-2H3,(H,30,31)(H,28,29,34). The lowest BCUT2D eigenvalue weighted by atomic mass is 10.1. The number of aryl methyl sites for hydroxylation is 2. The van der Waals surface area contributed by atoms with Crippen LogP contribution < -0.4 is 5.56 Å². The summed E-state index contributed by atoms with van der Waals surface area (Å²) in [6.07, 6.45) is 5.55. The maximum atomic E-state index is 12.6. The second kappa shape index (κ2) is 10.7. The number of nitrogens with zero attached hydrogens (tertiary/aromatic N) is 4. The van der Waals surface area contributed by atoms with Crippen LogP contribution >= 0.6 is 0 Å². The van der Waals surface area contributed by atoms with Gasteiger partial charge in [-0.05, 0) is 44.4 Å². The molecular formula is C26H28N6O2. The molecule has 0 saturated carbocycles. The molecule has 8 nitrogen and oxygen atoms in total. The fourth-order valence-corrected chi connectivity index (χ4v) is 3.85. The summed E-state index contributed by atoms with van der Waals surface area (Å²) in [6, 6.07) is 15.7. The van der Waals surface area contributed by atoms with Gasteiger partial charge in [0.2, 0.25) is 5.91 Å². The normalized spacial score (nSPS) is 10.9.